The number of halogens is 1. The number of imide groups is 1. The van der Waals surface area contributed by atoms with Crippen LogP contribution < -0.4 is 10.2 Å². The number of nitrogens with zero attached hydrogens (tertiary/aromatic N) is 1. The van der Waals surface area contributed by atoms with Crippen molar-refractivity contribution in [1.82, 2.24) is 0 Å². The van der Waals surface area contributed by atoms with Crippen LogP contribution in [0.5, 0.6) is 0 Å². The number of hydrogen-bond acceptors (Lipinski definition) is 5. The zero-order valence-electron chi connectivity index (χ0n) is 14.9. The zero-order chi connectivity index (χ0) is 21.0. The minimum absolute atomic E-state index is 0.0907. The summed E-state index contributed by atoms with van der Waals surface area (Å²) in [5.41, 5.74) is 1.01. The highest BCUT2D eigenvalue weighted by Gasteiger charge is 2.40. The van der Waals surface area contributed by atoms with E-state index in [4.69, 9.17) is 5.11 Å². The highest BCUT2D eigenvalue weighted by Crippen LogP contribution is 2.34. The molecule has 1 aliphatic heterocycles. The van der Waals surface area contributed by atoms with Gasteiger partial charge in [0.1, 0.15) is 0 Å². The Bertz CT molecular complexity index is 1010. The summed E-state index contributed by atoms with van der Waals surface area (Å²) in [5.74, 6) is -2.32. The standard InChI is InChI=1S/C20H15IN2O5S/c21-12-4-6-14(7-5-12)23-18(25)11-16(20(23)28)29-15-3-1-2-13(10-15)22-17(24)8-9-19(26)27/h1-10,16H,11H2,(H,22,24)(H,26,27)/b9-8+/t16-/m1/s1. The van der Waals surface area contributed by atoms with E-state index in [1.807, 2.05) is 12.1 Å². The zero-order valence-corrected chi connectivity index (χ0v) is 17.8. The molecule has 0 spiro atoms. The largest absolute Gasteiger partial charge is 0.478 e. The second-order valence-corrected chi connectivity index (χ2v) is 8.56. The molecule has 1 heterocycles. The highest BCUT2D eigenvalue weighted by atomic mass is 127. The molecular weight excluding hydrogens is 507 g/mol. The molecular formula is C20H15IN2O5S. The number of carbonyl (C=O) groups excluding carboxylic acids is 3. The van der Waals surface area contributed by atoms with E-state index in [0.717, 1.165) is 15.7 Å². The van der Waals surface area contributed by atoms with Gasteiger partial charge in [0.2, 0.25) is 17.7 Å². The van der Waals surface area contributed by atoms with Gasteiger partial charge in [0.05, 0.1) is 10.9 Å². The number of rotatable bonds is 6. The summed E-state index contributed by atoms with van der Waals surface area (Å²) in [6.45, 7) is 0. The van der Waals surface area contributed by atoms with Gasteiger partial charge < -0.3 is 10.4 Å². The van der Waals surface area contributed by atoms with Crippen LogP contribution in [0.1, 0.15) is 6.42 Å². The monoisotopic (exact) mass is 522 g/mol. The predicted octanol–water partition coefficient (Wildman–Crippen LogP) is 3.29. The van der Waals surface area contributed by atoms with Crippen LogP contribution in [0.3, 0.4) is 0 Å². The Kier molecular flexibility index (Phi) is 6.70. The molecule has 0 unspecified atom stereocenters. The summed E-state index contributed by atoms with van der Waals surface area (Å²) in [7, 11) is 0. The molecule has 7 nitrogen and oxygen atoms in total. The Morgan fingerprint density at radius 1 is 1.14 bits per heavy atom. The Balaban J connectivity index is 1.69. The molecule has 0 radical (unpaired) electrons. The number of thioether (sulfide) groups is 1. The third-order valence-corrected chi connectivity index (χ3v) is 5.85. The Morgan fingerprint density at radius 3 is 2.55 bits per heavy atom. The molecule has 1 saturated heterocycles. The van der Waals surface area contributed by atoms with Crippen molar-refractivity contribution in [2.75, 3.05) is 10.2 Å². The number of carboxylic acids is 1. The Morgan fingerprint density at radius 2 is 1.86 bits per heavy atom. The van der Waals surface area contributed by atoms with E-state index in [9.17, 15) is 19.2 Å². The third-order valence-electron chi connectivity index (χ3n) is 3.95. The summed E-state index contributed by atoms with van der Waals surface area (Å²) >= 11 is 3.40. The lowest BCUT2D eigenvalue weighted by molar-refractivity contribution is -0.131. The van der Waals surface area contributed by atoms with Crippen LogP contribution in [0.15, 0.2) is 65.6 Å². The van der Waals surface area contributed by atoms with E-state index < -0.39 is 17.1 Å². The van der Waals surface area contributed by atoms with E-state index in [1.165, 1.54) is 16.7 Å². The average Bonchev–Trinajstić information content (AvgIpc) is 2.94. The van der Waals surface area contributed by atoms with E-state index >= 15 is 0 Å². The number of benzene rings is 2. The minimum Gasteiger partial charge on any atom is -0.478 e. The van der Waals surface area contributed by atoms with E-state index in [1.54, 1.807) is 36.4 Å². The van der Waals surface area contributed by atoms with Crippen molar-refractivity contribution in [2.45, 2.75) is 16.6 Å². The van der Waals surface area contributed by atoms with Gasteiger partial charge in [0, 0.05) is 32.7 Å². The van der Waals surface area contributed by atoms with Crippen molar-refractivity contribution < 1.29 is 24.3 Å². The fraction of sp³-hybridized carbons (Fsp3) is 0.100. The van der Waals surface area contributed by atoms with Crippen molar-refractivity contribution in [3.63, 3.8) is 0 Å². The predicted molar refractivity (Wildman–Crippen MR) is 118 cm³/mol. The SMILES string of the molecule is O=C(O)/C=C/C(=O)Nc1cccc(S[C@@H]2CC(=O)N(c3ccc(I)cc3)C2=O)c1. The van der Waals surface area contributed by atoms with Crippen LogP contribution in [0.2, 0.25) is 0 Å². The van der Waals surface area contributed by atoms with E-state index in [2.05, 4.69) is 27.9 Å². The first kappa shape index (κ1) is 21.1. The molecule has 2 aromatic carbocycles. The van der Waals surface area contributed by atoms with Gasteiger partial charge in [-0.2, -0.15) is 0 Å². The summed E-state index contributed by atoms with van der Waals surface area (Å²) in [5, 5.41) is 10.6. The average molecular weight is 522 g/mol. The highest BCUT2D eigenvalue weighted by molar-refractivity contribution is 14.1. The first-order chi connectivity index (χ1) is 13.8. The summed E-state index contributed by atoms with van der Waals surface area (Å²) in [6, 6.07) is 14.0. The van der Waals surface area contributed by atoms with Crippen LogP contribution in [0.4, 0.5) is 11.4 Å². The molecule has 0 saturated carbocycles. The molecule has 1 fully saturated rings. The number of aliphatic carboxylic acids is 1. The molecule has 2 N–H and O–H groups in total. The van der Waals surface area contributed by atoms with Gasteiger partial charge in [-0.3, -0.25) is 14.4 Å². The van der Waals surface area contributed by atoms with Crippen molar-refractivity contribution in [3.05, 3.63) is 64.3 Å². The molecule has 3 rings (SSSR count). The lowest BCUT2D eigenvalue weighted by atomic mass is 10.3. The molecule has 29 heavy (non-hydrogen) atoms. The lowest BCUT2D eigenvalue weighted by Crippen LogP contribution is -2.31. The number of carboxylic acid groups (broad SMARTS) is 1. The molecule has 0 bridgehead atoms. The second-order valence-electron chi connectivity index (χ2n) is 6.04. The molecule has 1 atom stereocenters. The van der Waals surface area contributed by atoms with Crippen molar-refractivity contribution in [2.24, 2.45) is 0 Å². The maximum atomic E-state index is 12.8. The number of carbonyl (C=O) groups is 4. The molecule has 1 aliphatic rings. The number of hydrogen-bond donors (Lipinski definition) is 2. The fourth-order valence-corrected chi connectivity index (χ4v) is 4.17. The van der Waals surface area contributed by atoms with Gasteiger partial charge in [-0.25, -0.2) is 9.69 Å². The van der Waals surface area contributed by atoms with Crippen LogP contribution in [0, 0.1) is 3.57 Å². The van der Waals surface area contributed by atoms with Crippen molar-refractivity contribution in [1.29, 1.82) is 0 Å². The molecule has 2 aromatic rings. The van der Waals surface area contributed by atoms with Gasteiger partial charge in [0.25, 0.3) is 0 Å². The third kappa shape index (κ3) is 5.45. The van der Waals surface area contributed by atoms with Crippen LogP contribution in [0.25, 0.3) is 0 Å². The number of anilines is 2. The second kappa shape index (κ2) is 9.23. The Hall–Kier alpha value is -2.66. The van der Waals surface area contributed by atoms with E-state index in [-0.39, 0.29) is 18.2 Å². The van der Waals surface area contributed by atoms with Gasteiger partial charge >= 0.3 is 5.97 Å². The first-order valence-corrected chi connectivity index (χ1v) is 10.4. The quantitative estimate of drug-likeness (QED) is 0.343. The lowest BCUT2D eigenvalue weighted by Gasteiger charge is -2.15. The fourth-order valence-electron chi connectivity index (χ4n) is 2.70. The first-order valence-electron chi connectivity index (χ1n) is 8.44. The molecule has 0 aromatic heterocycles. The summed E-state index contributed by atoms with van der Waals surface area (Å²) in [4.78, 5) is 49.3. The van der Waals surface area contributed by atoms with Crippen molar-refractivity contribution >= 4 is 69.4 Å². The Labute approximate surface area is 184 Å². The van der Waals surface area contributed by atoms with Gasteiger partial charge in [-0.15, -0.1) is 11.8 Å². The number of amides is 3. The van der Waals surface area contributed by atoms with E-state index in [0.29, 0.717) is 16.3 Å². The summed E-state index contributed by atoms with van der Waals surface area (Å²) in [6.07, 6.45) is 1.75. The molecule has 148 valence electrons. The molecule has 9 heteroatoms. The van der Waals surface area contributed by atoms with Gasteiger partial charge in [-0.05, 0) is 65.1 Å². The number of nitrogens with one attached hydrogen (secondary N) is 1. The molecule has 3 amide bonds. The maximum Gasteiger partial charge on any atom is 0.328 e. The van der Waals surface area contributed by atoms with Crippen LogP contribution in [-0.2, 0) is 19.2 Å². The van der Waals surface area contributed by atoms with Crippen LogP contribution >= 0.6 is 34.4 Å². The summed E-state index contributed by atoms with van der Waals surface area (Å²) < 4.78 is 1.01. The van der Waals surface area contributed by atoms with Crippen molar-refractivity contribution in [3.8, 4) is 0 Å². The smallest absolute Gasteiger partial charge is 0.328 e. The normalized spacial score (nSPS) is 16.4. The topological polar surface area (TPSA) is 104 Å². The maximum absolute atomic E-state index is 12.8. The minimum atomic E-state index is -1.22. The molecule has 0 aliphatic carbocycles. The van der Waals surface area contributed by atoms with Gasteiger partial charge in [0.15, 0.2) is 0 Å². The van der Waals surface area contributed by atoms with Gasteiger partial charge in [-0.1, -0.05) is 6.07 Å². The van der Waals surface area contributed by atoms with Crippen LogP contribution in [-0.4, -0.2) is 34.0 Å².